The Labute approximate surface area is 181 Å². The zero-order chi connectivity index (χ0) is 20.2. The van der Waals surface area contributed by atoms with E-state index in [-0.39, 0.29) is 0 Å². The van der Waals surface area contributed by atoms with Gasteiger partial charge in [-0.2, -0.15) is 0 Å². The molecule has 0 spiro atoms. The molecule has 1 aliphatic carbocycles. The predicted molar refractivity (Wildman–Crippen MR) is 128 cm³/mol. The van der Waals surface area contributed by atoms with Gasteiger partial charge in [0.15, 0.2) is 0 Å². The lowest BCUT2D eigenvalue weighted by Crippen LogP contribution is -2.33. The van der Waals surface area contributed by atoms with Gasteiger partial charge in [-0.3, -0.25) is 0 Å². The molecule has 0 radical (unpaired) electrons. The number of hydrogen-bond donors (Lipinski definition) is 1. The van der Waals surface area contributed by atoms with Crippen LogP contribution in [-0.4, -0.2) is 37.6 Å². The van der Waals surface area contributed by atoms with Crippen LogP contribution in [0, 0.1) is 5.92 Å². The van der Waals surface area contributed by atoms with E-state index >= 15 is 0 Å². The van der Waals surface area contributed by atoms with Gasteiger partial charge >= 0.3 is 0 Å². The fraction of sp³-hybridized carbons (Fsp3) is 0.429. The normalized spacial score (nSPS) is 20.0. The third-order valence-electron chi connectivity index (χ3n) is 7.26. The van der Waals surface area contributed by atoms with Crippen LogP contribution in [-0.2, 0) is 0 Å². The van der Waals surface area contributed by atoms with Crippen molar-refractivity contribution in [3.63, 3.8) is 0 Å². The minimum absolute atomic E-state index is 0.959. The van der Waals surface area contributed by atoms with Gasteiger partial charge in [-0.15, -0.1) is 0 Å². The fourth-order valence-electron chi connectivity index (χ4n) is 5.52. The van der Waals surface area contributed by atoms with Crippen molar-refractivity contribution in [2.75, 3.05) is 32.7 Å². The summed E-state index contributed by atoms with van der Waals surface area (Å²) in [6.45, 7) is 6.15. The fourth-order valence-corrected chi connectivity index (χ4v) is 5.52. The van der Waals surface area contributed by atoms with Crippen LogP contribution in [0.3, 0.4) is 0 Å². The zero-order valence-electron chi connectivity index (χ0n) is 18.1. The average Bonchev–Trinajstić information content (AvgIpc) is 2.97. The molecule has 2 heterocycles. The van der Waals surface area contributed by atoms with Gasteiger partial charge in [0.25, 0.3) is 0 Å². The van der Waals surface area contributed by atoms with Crippen molar-refractivity contribution in [3.05, 3.63) is 76.4 Å². The SMILES string of the molecule is C1=Cc2ccccc2C(=C2CCN(CCCC3CCNCC3)CC2)c2ccccc21. The molecule has 0 bridgehead atoms. The van der Waals surface area contributed by atoms with Gasteiger partial charge in [-0.25, -0.2) is 0 Å². The average molecular weight is 399 g/mol. The van der Waals surface area contributed by atoms with Crippen LogP contribution >= 0.6 is 0 Å². The Morgan fingerprint density at radius 1 is 0.800 bits per heavy atom. The summed E-state index contributed by atoms with van der Waals surface area (Å²) in [5.74, 6) is 0.959. The van der Waals surface area contributed by atoms with Crippen LogP contribution in [0.25, 0.3) is 17.7 Å². The van der Waals surface area contributed by atoms with Crippen molar-refractivity contribution in [1.29, 1.82) is 0 Å². The molecule has 2 heteroatoms. The molecule has 0 atom stereocenters. The van der Waals surface area contributed by atoms with E-state index in [1.807, 2.05) is 0 Å². The summed E-state index contributed by atoms with van der Waals surface area (Å²) in [5.41, 5.74) is 8.66. The first-order chi connectivity index (χ1) is 14.9. The number of benzene rings is 2. The lowest BCUT2D eigenvalue weighted by atomic mass is 9.86. The molecule has 2 nitrogen and oxygen atoms in total. The second kappa shape index (κ2) is 9.32. The van der Waals surface area contributed by atoms with E-state index in [9.17, 15) is 0 Å². The van der Waals surface area contributed by atoms with Crippen molar-refractivity contribution in [2.24, 2.45) is 5.92 Å². The molecule has 3 aliphatic rings. The summed E-state index contributed by atoms with van der Waals surface area (Å²) in [6, 6.07) is 17.8. The minimum Gasteiger partial charge on any atom is -0.317 e. The van der Waals surface area contributed by atoms with E-state index in [0.717, 1.165) is 5.92 Å². The highest BCUT2D eigenvalue weighted by Gasteiger charge is 2.22. The Morgan fingerprint density at radius 2 is 1.40 bits per heavy atom. The van der Waals surface area contributed by atoms with Crippen molar-refractivity contribution >= 4 is 17.7 Å². The van der Waals surface area contributed by atoms with E-state index in [1.54, 1.807) is 5.57 Å². The van der Waals surface area contributed by atoms with Crippen LogP contribution in [0.15, 0.2) is 54.1 Å². The Morgan fingerprint density at radius 3 is 2.03 bits per heavy atom. The van der Waals surface area contributed by atoms with Crippen LogP contribution in [0.2, 0.25) is 0 Å². The Bertz CT molecular complexity index is 872. The molecule has 0 aromatic heterocycles. The van der Waals surface area contributed by atoms with Gasteiger partial charge in [0.2, 0.25) is 0 Å². The predicted octanol–water partition coefficient (Wildman–Crippen LogP) is 5.85. The summed E-state index contributed by atoms with van der Waals surface area (Å²) >= 11 is 0. The number of rotatable bonds is 4. The maximum atomic E-state index is 3.49. The van der Waals surface area contributed by atoms with Gasteiger partial charge in [0, 0.05) is 13.1 Å². The number of likely N-dealkylation sites (tertiary alicyclic amines) is 1. The third-order valence-corrected chi connectivity index (χ3v) is 7.26. The maximum absolute atomic E-state index is 3.49. The molecular weight excluding hydrogens is 364 g/mol. The quantitative estimate of drug-likeness (QED) is 0.593. The van der Waals surface area contributed by atoms with Crippen LogP contribution in [0.4, 0.5) is 0 Å². The molecule has 0 saturated carbocycles. The number of hydrogen-bond acceptors (Lipinski definition) is 2. The van der Waals surface area contributed by atoms with Crippen molar-refractivity contribution in [2.45, 2.75) is 38.5 Å². The summed E-state index contributed by atoms with van der Waals surface area (Å²) in [4.78, 5) is 2.71. The molecule has 2 aliphatic heterocycles. The van der Waals surface area contributed by atoms with E-state index < -0.39 is 0 Å². The first-order valence-electron chi connectivity index (χ1n) is 11.9. The van der Waals surface area contributed by atoms with E-state index in [1.165, 1.54) is 99.1 Å². The molecule has 0 unspecified atom stereocenters. The van der Waals surface area contributed by atoms with Gasteiger partial charge in [0.05, 0.1) is 0 Å². The Hall–Kier alpha value is -2.16. The minimum atomic E-state index is 0.959. The summed E-state index contributed by atoms with van der Waals surface area (Å²) in [5, 5.41) is 3.49. The second-order valence-corrected chi connectivity index (χ2v) is 9.16. The van der Waals surface area contributed by atoms with Crippen LogP contribution < -0.4 is 5.32 Å². The Balaban J connectivity index is 1.31. The van der Waals surface area contributed by atoms with Gasteiger partial charge in [0.1, 0.15) is 0 Å². The van der Waals surface area contributed by atoms with Gasteiger partial charge in [-0.1, -0.05) is 66.3 Å². The van der Waals surface area contributed by atoms with Crippen LogP contribution in [0.1, 0.15) is 60.8 Å². The number of fused-ring (bicyclic) bond motifs is 2. The Kier molecular flexibility index (Phi) is 6.15. The summed E-state index contributed by atoms with van der Waals surface area (Å²) in [6.07, 6.45) is 12.5. The number of nitrogens with zero attached hydrogens (tertiary/aromatic N) is 1. The van der Waals surface area contributed by atoms with Crippen molar-refractivity contribution in [1.82, 2.24) is 10.2 Å². The topological polar surface area (TPSA) is 15.3 Å². The molecule has 2 saturated heterocycles. The van der Waals surface area contributed by atoms with Crippen molar-refractivity contribution in [3.8, 4) is 0 Å². The molecule has 1 N–H and O–H groups in total. The van der Waals surface area contributed by atoms with E-state index in [2.05, 4.69) is 70.9 Å². The largest absolute Gasteiger partial charge is 0.317 e. The molecule has 2 aromatic rings. The highest BCUT2D eigenvalue weighted by Crippen LogP contribution is 2.38. The summed E-state index contributed by atoms with van der Waals surface area (Å²) < 4.78 is 0. The van der Waals surface area contributed by atoms with Crippen molar-refractivity contribution < 1.29 is 0 Å². The highest BCUT2D eigenvalue weighted by molar-refractivity contribution is 5.94. The summed E-state index contributed by atoms with van der Waals surface area (Å²) in [7, 11) is 0. The standard InChI is InChI=1S/C28H34N2/c1-3-9-26-23(7-1)11-12-24-8-2-4-10-27(24)28(26)25-15-20-30(21-16-25)19-5-6-22-13-17-29-18-14-22/h1-4,7-12,22,29H,5-6,13-21H2. The maximum Gasteiger partial charge on any atom is 0.00190 e. The lowest BCUT2D eigenvalue weighted by molar-refractivity contribution is 0.238. The molecule has 2 fully saturated rings. The van der Waals surface area contributed by atoms with Crippen LogP contribution in [0.5, 0.6) is 0 Å². The molecular formula is C28H34N2. The van der Waals surface area contributed by atoms with E-state index in [0.29, 0.717) is 0 Å². The molecule has 5 rings (SSSR count). The highest BCUT2D eigenvalue weighted by atomic mass is 15.1. The molecule has 0 amide bonds. The second-order valence-electron chi connectivity index (χ2n) is 9.16. The number of nitrogens with one attached hydrogen (secondary N) is 1. The monoisotopic (exact) mass is 398 g/mol. The zero-order valence-corrected chi connectivity index (χ0v) is 18.1. The first kappa shape index (κ1) is 19.8. The lowest BCUT2D eigenvalue weighted by Gasteiger charge is -2.31. The molecule has 30 heavy (non-hydrogen) atoms. The molecule has 2 aromatic carbocycles. The smallest absolute Gasteiger partial charge is 0.00190 e. The third kappa shape index (κ3) is 4.31. The van der Waals surface area contributed by atoms with Gasteiger partial charge in [-0.05, 0) is 91.9 Å². The molecule has 156 valence electrons. The first-order valence-corrected chi connectivity index (χ1v) is 11.9. The number of piperidine rings is 2. The van der Waals surface area contributed by atoms with E-state index in [4.69, 9.17) is 0 Å². The van der Waals surface area contributed by atoms with Gasteiger partial charge < -0.3 is 10.2 Å².